The van der Waals surface area contributed by atoms with Crippen LogP contribution < -0.4 is 0 Å². The fourth-order valence-electron chi connectivity index (χ4n) is 5.18. The summed E-state index contributed by atoms with van der Waals surface area (Å²) in [6.07, 6.45) is 26.9. The summed E-state index contributed by atoms with van der Waals surface area (Å²) in [5.41, 5.74) is 0. The molecule has 2 atom stereocenters. The second-order valence-electron chi connectivity index (χ2n) is 14.2. The van der Waals surface area contributed by atoms with Crippen LogP contribution in [-0.4, -0.2) is 87.4 Å². The predicted molar refractivity (Wildman–Crippen MR) is 194 cm³/mol. The molecule has 0 saturated heterocycles. The van der Waals surface area contributed by atoms with Gasteiger partial charge in [0.15, 0.2) is 6.10 Å². The molecule has 1 N–H and O–H groups in total. The SMILES string of the molecule is CCCCC/C=C\CCCCCCCC(=O)OC(COC(=O)CCCCCCCCCCCCC)COC(OCC[N+](C)(C)C)C(=O)O. The van der Waals surface area contributed by atoms with Crippen molar-refractivity contribution in [3.63, 3.8) is 0 Å². The van der Waals surface area contributed by atoms with E-state index in [4.69, 9.17) is 18.9 Å². The number of hydrogen-bond acceptors (Lipinski definition) is 7. The Morgan fingerprint density at radius 2 is 1.06 bits per heavy atom. The van der Waals surface area contributed by atoms with E-state index in [9.17, 15) is 19.5 Å². The Bertz CT molecular complexity index is 810. The molecule has 9 heteroatoms. The molecule has 0 spiro atoms. The molecule has 0 rings (SSSR count). The van der Waals surface area contributed by atoms with Crippen LogP contribution in [0.2, 0.25) is 0 Å². The molecule has 0 fully saturated rings. The van der Waals surface area contributed by atoms with Gasteiger partial charge in [-0.2, -0.15) is 0 Å². The summed E-state index contributed by atoms with van der Waals surface area (Å²) in [4.78, 5) is 36.8. The first-order chi connectivity index (χ1) is 23.1. The fourth-order valence-corrected chi connectivity index (χ4v) is 5.18. The predicted octanol–water partition coefficient (Wildman–Crippen LogP) is 9.16. The average Bonchev–Trinajstić information content (AvgIpc) is 3.03. The van der Waals surface area contributed by atoms with Gasteiger partial charge in [0.05, 0.1) is 34.4 Å². The molecule has 0 aromatic carbocycles. The summed E-state index contributed by atoms with van der Waals surface area (Å²) in [7, 11) is 5.94. The lowest BCUT2D eigenvalue weighted by Crippen LogP contribution is -2.40. The lowest BCUT2D eigenvalue weighted by Gasteiger charge is -2.25. The van der Waals surface area contributed by atoms with Gasteiger partial charge in [-0.25, -0.2) is 4.79 Å². The first-order valence-corrected chi connectivity index (χ1v) is 19.4. The highest BCUT2D eigenvalue weighted by Crippen LogP contribution is 2.13. The zero-order chi connectivity index (χ0) is 35.7. The molecule has 0 radical (unpaired) electrons. The Kier molecular flexibility index (Phi) is 30.9. The smallest absolute Gasteiger partial charge is 0.361 e. The molecule has 0 aliphatic carbocycles. The lowest BCUT2D eigenvalue weighted by molar-refractivity contribution is -0.870. The van der Waals surface area contributed by atoms with E-state index in [0.29, 0.717) is 23.9 Å². The molecular formula is C39H74NO8+. The maximum absolute atomic E-state index is 12.6. The molecule has 9 nitrogen and oxygen atoms in total. The number of aliphatic carboxylic acids is 1. The number of carboxylic acids is 1. The average molecular weight is 685 g/mol. The molecule has 48 heavy (non-hydrogen) atoms. The summed E-state index contributed by atoms with van der Waals surface area (Å²) >= 11 is 0. The zero-order valence-electron chi connectivity index (χ0n) is 31.7. The number of carboxylic acid groups (broad SMARTS) is 1. The highest BCUT2D eigenvalue weighted by Gasteiger charge is 2.25. The monoisotopic (exact) mass is 685 g/mol. The number of ether oxygens (including phenoxy) is 4. The zero-order valence-corrected chi connectivity index (χ0v) is 31.7. The van der Waals surface area contributed by atoms with Crippen LogP contribution in [0.25, 0.3) is 0 Å². The van der Waals surface area contributed by atoms with Crippen molar-refractivity contribution in [2.24, 2.45) is 0 Å². The van der Waals surface area contributed by atoms with Gasteiger partial charge < -0.3 is 28.5 Å². The standard InChI is InChI=1S/C39H73NO8/c1-6-8-10-12-14-16-18-20-22-24-26-28-30-37(42)48-35(34-47-39(38(43)44)45-32-31-40(3,4)5)33-46-36(41)29-27-25-23-21-19-17-15-13-11-9-7-2/h14,16,35,39H,6-13,15,17-34H2,1-5H3/p+1/b16-14-. The minimum atomic E-state index is -1.50. The van der Waals surface area contributed by atoms with Crippen molar-refractivity contribution in [2.75, 3.05) is 47.5 Å². The number of carbonyl (C=O) groups is 3. The number of likely N-dealkylation sites (N-methyl/N-ethyl adjacent to an activating group) is 1. The highest BCUT2D eigenvalue weighted by molar-refractivity contribution is 5.71. The van der Waals surface area contributed by atoms with Crippen molar-refractivity contribution in [2.45, 2.75) is 174 Å². The highest BCUT2D eigenvalue weighted by atomic mass is 16.7. The topological polar surface area (TPSA) is 108 Å². The lowest BCUT2D eigenvalue weighted by atomic mass is 10.1. The number of esters is 2. The molecule has 282 valence electrons. The van der Waals surface area contributed by atoms with Crippen LogP contribution in [0.15, 0.2) is 12.2 Å². The van der Waals surface area contributed by atoms with Crippen molar-refractivity contribution in [3.05, 3.63) is 12.2 Å². The van der Waals surface area contributed by atoms with E-state index < -0.39 is 24.3 Å². The number of nitrogens with zero attached hydrogens (tertiary/aromatic N) is 1. The van der Waals surface area contributed by atoms with E-state index >= 15 is 0 Å². The molecule has 0 aliphatic heterocycles. The van der Waals surface area contributed by atoms with Gasteiger partial charge in [0, 0.05) is 12.8 Å². The number of allylic oxidation sites excluding steroid dienone is 2. The van der Waals surface area contributed by atoms with E-state index in [1.807, 2.05) is 21.1 Å². The van der Waals surface area contributed by atoms with Gasteiger partial charge in [0.1, 0.15) is 13.2 Å². The third-order valence-electron chi connectivity index (χ3n) is 8.27. The van der Waals surface area contributed by atoms with Crippen LogP contribution in [0.5, 0.6) is 0 Å². The fraction of sp³-hybridized carbons (Fsp3) is 0.872. The molecule has 0 amide bonds. The summed E-state index contributed by atoms with van der Waals surface area (Å²) in [5, 5.41) is 9.57. The van der Waals surface area contributed by atoms with Crippen LogP contribution in [0.4, 0.5) is 0 Å². The van der Waals surface area contributed by atoms with Crippen LogP contribution in [-0.2, 0) is 33.3 Å². The first kappa shape index (κ1) is 46.0. The number of rotatable bonds is 35. The van der Waals surface area contributed by atoms with Crippen molar-refractivity contribution < 1.29 is 42.9 Å². The van der Waals surface area contributed by atoms with Crippen LogP contribution in [0.1, 0.15) is 162 Å². The number of quaternary nitrogens is 1. The largest absolute Gasteiger partial charge is 0.477 e. The maximum atomic E-state index is 12.6. The molecule has 0 saturated carbocycles. The van der Waals surface area contributed by atoms with Gasteiger partial charge in [-0.1, -0.05) is 122 Å². The van der Waals surface area contributed by atoms with Crippen LogP contribution in [0.3, 0.4) is 0 Å². The Balaban J connectivity index is 4.55. The van der Waals surface area contributed by atoms with Gasteiger partial charge in [-0.3, -0.25) is 9.59 Å². The van der Waals surface area contributed by atoms with Gasteiger partial charge >= 0.3 is 17.9 Å². The summed E-state index contributed by atoms with van der Waals surface area (Å²) < 4.78 is 22.6. The van der Waals surface area contributed by atoms with Gasteiger partial charge in [0.25, 0.3) is 6.29 Å². The van der Waals surface area contributed by atoms with E-state index in [-0.39, 0.29) is 32.2 Å². The Morgan fingerprint density at radius 1 is 0.604 bits per heavy atom. The second-order valence-corrected chi connectivity index (χ2v) is 14.2. The van der Waals surface area contributed by atoms with E-state index in [2.05, 4.69) is 26.0 Å². The first-order valence-electron chi connectivity index (χ1n) is 19.4. The van der Waals surface area contributed by atoms with Crippen molar-refractivity contribution in [1.82, 2.24) is 0 Å². The molecule has 0 aliphatic rings. The van der Waals surface area contributed by atoms with Crippen LogP contribution in [0, 0.1) is 0 Å². The third-order valence-corrected chi connectivity index (χ3v) is 8.27. The normalized spacial score (nSPS) is 13.1. The quantitative estimate of drug-likeness (QED) is 0.0232. The van der Waals surface area contributed by atoms with E-state index in [0.717, 1.165) is 51.4 Å². The van der Waals surface area contributed by atoms with Gasteiger partial charge in [0.2, 0.25) is 0 Å². The Labute approximate surface area is 294 Å². The number of carbonyl (C=O) groups excluding carboxylic acids is 2. The van der Waals surface area contributed by atoms with E-state index in [1.54, 1.807) is 0 Å². The van der Waals surface area contributed by atoms with Crippen molar-refractivity contribution in [3.8, 4) is 0 Å². The van der Waals surface area contributed by atoms with Gasteiger partial charge in [-0.05, 0) is 38.5 Å². The van der Waals surface area contributed by atoms with Crippen LogP contribution >= 0.6 is 0 Å². The van der Waals surface area contributed by atoms with Crippen molar-refractivity contribution in [1.29, 1.82) is 0 Å². The van der Waals surface area contributed by atoms with E-state index in [1.165, 1.54) is 77.0 Å². The third kappa shape index (κ3) is 32.6. The maximum Gasteiger partial charge on any atom is 0.361 e. The Morgan fingerprint density at radius 3 is 1.58 bits per heavy atom. The summed E-state index contributed by atoms with van der Waals surface area (Å²) in [6, 6.07) is 0. The minimum Gasteiger partial charge on any atom is -0.477 e. The minimum absolute atomic E-state index is 0.181. The summed E-state index contributed by atoms with van der Waals surface area (Å²) in [5.74, 6) is -2.02. The molecule has 0 bridgehead atoms. The van der Waals surface area contributed by atoms with Gasteiger partial charge in [-0.15, -0.1) is 0 Å². The number of unbranched alkanes of at least 4 members (excludes halogenated alkanes) is 18. The summed E-state index contributed by atoms with van der Waals surface area (Å²) in [6.45, 7) is 4.81. The number of hydrogen-bond donors (Lipinski definition) is 1. The Hall–Kier alpha value is -1.97. The molecular weight excluding hydrogens is 610 g/mol. The molecule has 2 unspecified atom stereocenters. The second kappa shape index (κ2) is 32.2. The molecule has 0 heterocycles. The molecule has 0 aromatic rings. The molecule has 0 aromatic heterocycles. The van der Waals surface area contributed by atoms with Crippen molar-refractivity contribution >= 4 is 17.9 Å².